The Morgan fingerprint density at radius 3 is 2.38 bits per heavy atom. The number of hydrogen-bond acceptors (Lipinski definition) is 5. The first-order valence-corrected chi connectivity index (χ1v) is 9.92. The largest absolute Gasteiger partial charge is 0.471 e. The molecule has 6 nitrogen and oxygen atoms in total. The van der Waals surface area contributed by atoms with E-state index in [1.165, 1.54) is 30.5 Å². The molecule has 1 fully saturated rings. The molecule has 0 saturated heterocycles. The molecule has 0 bridgehead atoms. The number of rotatable bonds is 3. The quantitative estimate of drug-likeness (QED) is 0.796. The Balaban J connectivity index is 1.80. The van der Waals surface area contributed by atoms with Gasteiger partial charge in [0.25, 0.3) is 5.91 Å². The summed E-state index contributed by atoms with van der Waals surface area (Å²) in [6.07, 6.45) is 0.334. The SMILES string of the molecule is CS(=O)(=NC(=O)c1ccc(-c2noc(C(F)(F)F)n2)cc1)C1CCCC1. The maximum absolute atomic E-state index is 12.6. The van der Waals surface area contributed by atoms with Crippen LogP contribution >= 0.6 is 0 Å². The van der Waals surface area contributed by atoms with Crippen LogP contribution in [0.15, 0.2) is 33.2 Å². The van der Waals surface area contributed by atoms with E-state index < -0.39 is 27.7 Å². The van der Waals surface area contributed by atoms with E-state index in [1.807, 2.05) is 0 Å². The number of carbonyl (C=O) groups is 1. The number of amides is 1. The monoisotopic (exact) mass is 387 g/mol. The molecule has 140 valence electrons. The third-order valence-corrected chi connectivity index (χ3v) is 6.48. The van der Waals surface area contributed by atoms with Gasteiger partial charge in [-0.1, -0.05) is 30.1 Å². The minimum Gasteiger partial charge on any atom is -0.329 e. The second-order valence-electron chi connectivity index (χ2n) is 6.16. The van der Waals surface area contributed by atoms with Crippen LogP contribution in [0.3, 0.4) is 0 Å². The zero-order valence-electron chi connectivity index (χ0n) is 13.8. The Labute approximate surface area is 148 Å². The van der Waals surface area contributed by atoms with Gasteiger partial charge in [0.05, 0.1) is 9.73 Å². The molecule has 1 aromatic carbocycles. The molecule has 0 spiro atoms. The summed E-state index contributed by atoms with van der Waals surface area (Å²) in [5.41, 5.74) is 0.453. The molecule has 1 unspecified atom stereocenters. The van der Waals surface area contributed by atoms with Crippen LogP contribution in [0, 0.1) is 0 Å². The third kappa shape index (κ3) is 3.95. The van der Waals surface area contributed by atoms with Crippen molar-refractivity contribution < 1.29 is 26.7 Å². The lowest BCUT2D eigenvalue weighted by Crippen LogP contribution is -2.17. The molecule has 3 rings (SSSR count). The average molecular weight is 387 g/mol. The van der Waals surface area contributed by atoms with Crippen LogP contribution in [0.1, 0.15) is 41.9 Å². The van der Waals surface area contributed by atoms with Crippen molar-refractivity contribution in [2.75, 3.05) is 6.26 Å². The molecule has 0 radical (unpaired) electrons. The summed E-state index contributed by atoms with van der Waals surface area (Å²) < 4.78 is 58.2. The van der Waals surface area contributed by atoms with Gasteiger partial charge in [0.15, 0.2) is 0 Å². The van der Waals surface area contributed by atoms with Crippen LogP contribution in [0.2, 0.25) is 0 Å². The fraction of sp³-hybridized carbons (Fsp3) is 0.438. The summed E-state index contributed by atoms with van der Waals surface area (Å²) >= 11 is 0. The van der Waals surface area contributed by atoms with E-state index in [0.29, 0.717) is 0 Å². The van der Waals surface area contributed by atoms with Crippen LogP contribution in [0.5, 0.6) is 0 Å². The number of aromatic nitrogens is 2. The summed E-state index contributed by atoms with van der Waals surface area (Å²) in [5.74, 6) is -2.29. The second kappa shape index (κ2) is 6.82. The molecular formula is C16H16F3N3O3S. The number of carbonyl (C=O) groups excluding carboxylic acids is 1. The molecule has 1 aliphatic rings. The lowest BCUT2D eigenvalue weighted by molar-refractivity contribution is -0.159. The molecule has 2 aromatic rings. The van der Waals surface area contributed by atoms with Crippen molar-refractivity contribution in [2.45, 2.75) is 37.1 Å². The van der Waals surface area contributed by atoms with Gasteiger partial charge in [0.2, 0.25) is 5.82 Å². The summed E-state index contributed by atoms with van der Waals surface area (Å²) in [6.45, 7) is 0. The van der Waals surface area contributed by atoms with Gasteiger partial charge in [-0.15, -0.1) is 0 Å². The third-order valence-electron chi connectivity index (χ3n) is 4.24. The molecular weight excluding hydrogens is 371 g/mol. The van der Waals surface area contributed by atoms with Crippen LogP contribution in [-0.4, -0.2) is 31.8 Å². The van der Waals surface area contributed by atoms with Crippen molar-refractivity contribution in [3.05, 3.63) is 35.7 Å². The molecule has 26 heavy (non-hydrogen) atoms. The molecule has 1 saturated carbocycles. The molecule has 1 aromatic heterocycles. The minimum atomic E-state index is -4.72. The lowest BCUT2D eigenvalue weighted by Gasteiger charge is -2.10. The Kier molecular flexibility index (Phi) is 4.87. The molecule has 1 amide bonds. The van der Waals surface area contributed by atoms with Crippen LogP contribution in [0.25, 0.3) is 11.4 Å². The van der Waals surface area contributed by atoms with Gasteiger partial charge in [-0.3, -0.25) is 4.79 Å². The highest BCUT2D eigenvalue weighted by molar-refractivity contribution is 7.93. The zero-order chi connectivity index (χ0) is 18.9. The highest BCUT2D eigenvalue weighted by Gasteiger charge is 2.38. The predicted molar refractivity (Wildman–Crippen MR) is 87.8 cm³/mol. The van der Waals surface area contributed by atoms with Crippen molar-refractivity contribution in [2.24, 2.45) is 4.36 Å². The molecule has 1 heterocycles. The van der Waals surface area contributed by atoms with E-state index in [4.69, 9.17) is 0 Å². The van der Waals surface area contributed by atoms with Gasteiger partial charge in [-0.2, -0.15) is 22.5 Å². The standard InChI is InChI=1S/C16H16F3N3O3S/c1-26(24,12-4-2-3-5-12)22-14(23)11-8-6-10(7-9-11)13-20-15(25-21-13)16(17,18)19/h6-9,12H,2-5H2,1H3. The number of nitrogens with zero attached hydrogens (tertiary/aromatic N) is 3. The zero-order valence-corrected chi connectivity index (χ0v) is 14.6. The van der Waals surface area contributed by atoms with Crippen molar-refractivity contribution in [1.82, 2.24) is 10.1 Å². The summed E-state index contributed by atoms with van der Waals surface area (Å²) in [5, 5.41) is 3.20. The predicted octanol–water partition coefficient (Wildman–Crippen LogP) is 3.94. The normalized spacial score (nSPS) is 17.8. The van der Waals surface area contributed by atoms with Gasteiger partial charge in [0.1, 0.15) is 0 Å². The lowest BCUT2D eigenvalue weighted by atomic mass is 10.1. The fourth-order valence-corrected chi connectivity index (χ4v) is 4.63. The highest BCUT2D eigenvalue weighted by Crippen LogP contribution is 2.29. The molecule has 0 aliphatic heterocycles. The molecule has 1 aliphatic carbocycles. The van der Waals surface area contributed by atoms with E-state index in [0.717, 1.165) is 25.7 Å². The first-order valence-electron chi connectivity index (χ1n) is 7.93. The highest BCUT2D eigenvalue weighted by atomic mass is 32.2. The van der Waals surface area contributed by atoms with Crippen LogP contribution in [-0.2, 0) is 15.9 Å². The van der Waals surface area contributed by atoms with E-state index in [9.17, 15) is 22.2 Å². The number of benzene rings is 1. The van der Waals surface area contributed by atoms with Gasteiger partial charge < -0.3 is 4.52 Å². The maximum Gasteiger partial charge on any atom is 0.471 e. The first kappa shape index (κ1) is 18.6. The maximum atomic E-state index is 12.6. The van der Waals surface area contributed by atoms with Gasteiger partial charge in [-0.25, -0.2) is 4.21 Å². The fourth-order valence-electron chi connectivity index (χ4n) is 2.84. The topological polar surface area (TPSA) is 85.4 Å². The Morgan fingerprint density at radius 2 is 1.85 bits per heavy atom. The van der Waals surface area contributed by atoms with Gasteiger partial charge in [-0.05, 0) is 25.0 Å². The summed E-state index contributed by atoms with van der Waals surface area (Å²) in [7, 11) is -2.62. The number of alkyl halides is 3. The van der Waals surface area contributed by atoms with Crippen molar-refractivity contribution in [1.29, 1.82) is 0 Å². The van der Waals surface area contributed by atoms with E-state index >= 15 is 0 Å². The molecule has 10 heteroatoms. The van der Waals surface area contributed by atoms with E-state index in [1.54, 1.807) is 0 Å². The number of hydrogen-bond donors (Lipinski definition) is 0. The van der Waals surface area contributed by atoms with Gasteiger partial charge >= 0.3 is 12.1 Å². The Hall–Kier alpha value is -2.23. The Morgan fingerprint density at radius 1 is 1.23 bits per heavy atom. The van der Waals surface area contributed by atoms with E-state index in [2.05, 4.69) is 19.0 Å². The number of halogens is 3. The first-order chi connectivity index (χ1) is 12.2. The smallest absolute Gasteiger partial charge is 0.329 e. The van der Waals surface area contributed by atoms with Crippen molar-refractivity contribution in [3.8, 4) is 11.4 Å². The van der Waals surface area contributed by atoms with E-state index in [-0.39, 0.29) is 22.2 Å². The molecule has 1 atom stereocenters. The van der Waals surface area contributed by atoms with Crippen molar-refractivity contribution >= 4 is 15.6 Å². The average Bonchev–Trinajstić information content (AvgIpc) is 3.26. The summed E-state index contributed by atoms with van der Waals surface area (Å²) in [4.78, 5) is 15.5. The van der Waals surface area contributed by atoms with Crippen molar-refractivity contribution in [3.63, 3.8) is 0 Å². The summed E-state index contributed by atoms with van der Waals surface area (Å²) in [6, 6.07) is 5.55. The van der Waals surface area contributed by atoms with Crippen LogP contribution in [0.4, 0.5) is 13.2 Å². The second-order valence-corrected chi connectivity index (χ2v) is 8.73. The minimum absolute atomic E-state index is 0.0779. The van der Waals surface area contributed by atoms with Gasteiger partial charge in [0, 0.05) is 22.6 Å². The van der Waals surface area contributed by atoms with Crippen LogP contribution < -0.4 is 0 Å². The molecule has 0 N–H and O–H groups in total. The Bertz CT molecular complexity index is 922.